The minimum atomic E-state index is -1.32. The van der Waals surface area contributed by atoms with Crippen molar-refractivity contribution < 1.29 is 23.5 Å². The number of amides is 1. The van der Waals surface area contributed by atoms with Gasteiger partial charge in [0.2, 0.25) is 0 Å². The summed E-state index contributed by atoms with van der Waals surface area (Å²) >= 11 is 0. The Morgan fingerprint density at radius 1 is 0.590 bits per heavy atom. The fourth-order valence-corrected chi connectivity index (χ4v) is 6.87. The third kappa shape index (κ3) is 7.80. The molecule has 0 atom stereocenters. The lowest BCUT2D eigenvalue weighted by Crippen LogP contribution is -2.19. The molecule has 0 aliphatic rings. The first-order valence-corrected chi connectivity index (χ1v) is 18.8. The number of imidazole rings is 2. The van der Waals surface area contributed by atoms with Crippen LogP contribution in [0.3, 0.4) is 0 Å². The molecule has 14 nitrogen and oxygen atoms in total. The minimum Gasteiger partial charge on any atom is -0.478 e. The molecule has 16 heteroatoms. The van der Waals surface area contributed by atoms with E-state index in [2.05, 4.69) is 57.6 Å². The molecule has 0 aliphatic carbocycles. The van der Waals surface area contributed by atoms with Crippen LogP contribution < -0.4 is 5.32 Å². The topological polar surface area (TPSA) is 178 Å². The number of benzene rings is 4. The van der Waals surface area contributed by atoms with Crippen LogP contribution in [0.5, 0.6) is 0 Å². The molecule has 0 saturated heterocycles. The highest BCUT2D eigenvalue weighted by Gasteiger charge is 2.16. The average molecular weight is 812 g/mol. The Balaban J connectivity index is 0.000000156. The summed E-state index contributed by atoms with van der Waals surface area (Å²) in [6, 6.07) is 28.2. The molecule has 4 aromatic carbocycles. The van der Waals surface area contributed by atoms with E-state index in [4.69, 9.17) is 5.11 Å². The lowest BCUT2D eigenvalue weighted by atomic mass is 10.1. The van der Waals surface area contributed by atoms with E-state index in [0.717, 1.165) is 50.4 Å². The predicted octanol–water partition coefficient (Wildman–Crippen LogP) is 7.20. The van der Waals surface area contributed by atoms with Gasteiger partial charge in [0.1, 0.15) is 23.0 Å². The molecule has 0 bridgehead atoms. The van der Waals surface area contributed by atoms with Crippen molar-refractivity contribution in [3.05, 3.63) is 180 Å². The van der Waals surface area contributed by atoms with E-state index in [1.807, 2.05) is 48.5 Å². The van der Waals surface area contributed by atoms with Crippen molar-refractivity contribution in [1.29, 1.82) is 0 Å². The van der Waals surface area contributed by atoms with Gasteiger partial charge < -0.3 is 10.4 Å². The minimum absolute atomic E-state index is 0.0191. The molecule has 0 aliphatic heterocycles. The molecule has 6 aromatic heterocycles. The van der Waals surface area contributed by atoms with E-state index in [-0.39, 0.29) is 11.1 Å². The van der Waals surface area contributed by atoms with Crippen LogP contribution in [-0.4, -0.2) is 73.2 Å². The number of carboxylic acids is 1. The monoisotopic (exact) mass is 811 g/mol. The van der Waals surface area contributed by atoms with Gasteiger partial charge in [0.15, 0.2) is 0 Å². The summed E-state index contributed by atoms with van der Waals surface area (Å²) in [7, 11) is 1.46. The van der Waals surface area contributed by atoms with Crippen molar-refractivity contribution in [1.82, 2.24) is 54.4 Å². The van der Waals surface area contributed by atoms with E-state index in [1.165, 1.54) is 37.5 Å². The highest BCUT2D eigenvalue weighted by atomic mass is 19.1. The van der Waals surface area contributed by atoms with Crippen LogP contribution in [0.4, 0.5) is 8.78 Å². The fraction of sp³-hybridized carbons (Fsp3) is 0.0667. The first-order valence-electron chi connectivity index (χ1n) is 18.8. The second-order valence-corrected chi connectivity index (χ2v) is 13.9. The second kappa shape index (κ2) is 16.1. The molecule has 0 unspecified atom stereocenters. The van der Waals surface area contributed by atoms with Gasteiger partial charge in [-0.15, -0.1) is 0 Å². The maximum atomic E-state index is 14.4. The zero-order valence-electron chi connectivity index (χ0n) is 32.1. The average Bonchev–Trinajstić information content (AvgIpc) is 3.88. The summed E-state index contributed by atoms with van der Waals surface area (Å²) < 4.78 is 31.7. The van der Waals surface area contributed by atoms with E-state index < -0.39 is 23.5 Å². The number of nitrogens with zero attached hydrogens (tertiary/aromatic N) is 10. The second-order valence-electron chi connectivity index (χ2n) is 13.9. The van der Waals surface area contributed by atoms with Crippen molar-refractivity contribution >= 4 is 45.2 Å². The van der Waals surface area contributed by atoms with Gasteiger partial charge in [-0.05, 0) is 71.8 Å². The first-order chi connectivity index (χ1) is 29.7. The smallest absolute Gasteiger partial charge is 0.338 e. The van der Waals surface area contributed by atoms with Gasteiger partial charge in [-0.1, -0.05) is 36.4 Å². The van der Waals surface area contributed by atoms with Crippen LogP contribution in [0.2, 0.25) is 0 Å². The molecular formula is C45H31F2N11O3. The van der Waals surface area contributed by atoms with E-state index >= 15 is 0 Å². The zero-order chi connectivity index (χ0) is 42.0. The number of fused-ring (bicyclic) bond motifs is 4. The molecule has 10 aromatic rings. The number of aromatic nitrogens is 10. The number of aromatic carboxylic acids is 1. The van der Waals surface area contributed by atoms with E-state index in [0.29, 0.717) is 46.9 Å². The van der Waals surface area contributed by atoms with Gasteiger partial charge in [-0.25, -0.2) is 42.5 Å². The lowest BCUT2D eigenvalue weighted by molar-refractivity contribution is 0.0691. The quantitative estimate of drug-likeness (QED) is 0.159. The molecule has 6 heterocycles. The Labute approximate surface area is 344 Å². The Kier molecular flexibility index (Phi) is 10.1. The SMILES string of the molecule is CNC(=O)c1ccc(-c2cnc3ncc(Cc4ccc5ncccc5c4)n3n2)cc1F.O=C(O)c1ccc(-c2cnc3ncc(Cc4ccc5ncccc5c4)n3n2)cc1F. The van der Waals surface area contributed by atoms with Gasteiger partial charge in [-0.3, -0.25) is 14.8 Å². The van der Waals surface area contributed by atoms with Crippen LogP contribution in [0.1, 0.15) is 43.2 Å². The number of nitrogens with one attached hydrogen (secondary N) is 1. The Morgan fingerprint density at radius 2 is 1.07 bits per heavy atom. The standard InChI is InChI=1S/C23H17FN6O.C22H14FN5O2/c1-25-22(31)18-6-5-16(11-19(18)24)21-13-28-23-27-12-17(30(23)29-21)10-14-4-7-20-15(9-14)3-2-8-26-20;23-18-10-15(4-5-17(18)21(29)30)20-12-26-22-25-11-16(28(22)27-20)9-13-3-6-19-14(8-13)2-1-7-24-19/h2-9,11-13H,10H2,1H3,(H,25,31);1-8,10-12H,9H2,(H,29,30). The number of hydrogen-bond acceptors (Lipinski definition) is 10. The van der Waals surface area contributed by atoms with Gasteiger partial charge in [-0.2, -0.15) is 10.2 Å². The van der Waals surface area contributed by atoms with Crippen molar-refractivity contribution in [2.45, 2.75) is 12.8 Å². The number of rotatable bonds is 8. The molecule has 1 amide bonds. The largest absolute Gasteiger partial charge is 0.478 e. The Bertz CT molecular complexity index is 3310. The lowest BCUT2D eigenvalue weighted by Gasteiger charge is -2.07. The molecule has 61 heavy (non-hydrogen) atoms. The van der Waals surface area contributed by atoms with Crippen molar-refractivity contribution in [3.8, 4) is 22.5 Å². The summed E-state index contributed by atoms with van der Waals surface area (Å²) in [4.78, 5) is 48.7. The molecule has 298 valence electrons. The Morgan fingerprint density at radius 3 is 1.52 bits per heavy atom. The summed E-state index contributed by atoms with van der Waals surface area (Å²) in [5.74, 6) is -2.34. The number of halogens is 2. The number of carbonyl (C=O) groups is 2. The number of hydrogen-bond donors (Lipinski definition) is 2. The number of pyridine rings is 2. The van der Waals surface area contributed by atoms with Gasteiger partial charge in [0.25, 0.3) is 17.5 Å². The van der Waals surface area contributed by atoms with Crippen molar-refractivity contribution in [3.63, 3.8) is 0 Å². The van der Waals surface area contributed by atoms with E-state index in [1.54, 1.807) is 46.1 Å². The molecule has 0 radical (unpaired) electrons. The highest BCUT2D eigenvalue weighted by Crippen LogP contribution is 2.24. The Hall–Kier alpha value is -8.40. The summed E-state index contributed by atoms with van der Waals surface area (Å²) in [6.45, 7) is 0. The normalized spacial score (nSPS) is 11.2. The van der Waals surface area contributed by atoms with Crippen LogP contribution in [0, 0.1) is 11.6 Å². The predicted molar refractivity (Wildman–Crippen MR) is 222 cm³/mol. The number of carbonyl (C=O) groups excluding carboxylic acids is 1. The molecule has 0 fully saturated rings. The molecule has 0 spiro atoms. The molecule has 0 saturated carbocycles. The van der Waals surface area contributed by atoms with Crippen LogP contribution in [0.15, 0.2) is 134 Å². The maximum absolute atomic E-state index is 14.4. The van der Waals surface area contributed by atoms with Gasteiger partial charge in [0.05, 0.1) is 58.3 Å². The zero-order valence-corrected chi connectivity index (χ0v) is 32.1. The fourth-order valence-electron chi connectivity index (χ4n) is 6.87. The third-order valence-corrected chi connectivity index (χ3v) is 9.94. The molecule has 10 rings (SSSR count). The summed E-state index contributed by atoms with van der Waals surface area (Å²) in [5, 5.41) is 22.7. The summed E-state index contributed by atoms with van der Waals surface area (Å²) in [6.07, 6.45) is 11.2. The van der Waals surface area contributed by atoms with Crippen molar-refractivity contribution in [2.24, 2.45) is 0 Å². The van der Waals surface area contributed by atoms with E-state index in [9.17, 15) is 18.4 Å². The maximum Gasteiger partial charge on any atom is 0.338 e. The highest BCUT2D eigenvalue weighted by molar-refractivity contribution is 5.94. The van der Waals surface area contributed by atoms with Gasteiger partial charge >= 0.3 is 5.97 Å². The van der Waals surface area contributed by atoms with Gasteiger partial charge in [0, 0.05) is 54.2 Å². The van der Waals surface area contributed by atoms with Crippen molar-refractivity contribution in [2.75, 3.05) is 7.05 Å². The van der Waals surface area contributed by atoms with Crippen LogP contribution in [0.25, 0.3) is 55.9 Å². The third-order valence-electron chi connectivity index (χ3n) is 9.94. The van der Waals surface area contributed by atoms with Crippen LogP contribution in [-0.2, 0) is 12.8 Å². The first kappa shape index (κ1) is 38.1. The molecular weight excluding hydrogens is 781 g/mol. The molecule has 2 N–H and O–H groups in total. The number of carboxylic acid groups (broad SMARTS) is 1. The summed E-state index contributed by atoms with van der Waals surface area (Å²) in [5.41, 5.74) is 7.16. The van der Waals surface area contributed by atoms with Crippen LogP contribution >= 0.6 is 0 Å².